The lowest BCUT2D eigenvalue weighted by Crippen LogP contribution is -2.56. The Morgan fingerprint density at radius 3 is 2.11 bits per heavy atom. The molecule has 1 aromatic carbocycles. The van der Waals surface area contributed by atoms with E-state index in [0.717, 1.165) is 0 Å². The summed E-state index contributed by atoms with van der Waals surface area (Å²) in [6.07, 6.45) is 0. The average molecular weight is 277 g/mol. The number of aliphatic imine (C=N–C) groups is 1. The predicted molar refractivity (Wildman–Crippen MR) is 69.4 cm³/mol. The van der Waals surface area contributed by atoms with E-state index in [4.69, 9.17) is 5.11 Å². The summed E-state index contributed by atoms with van der Waals surface area (Å²) in [6.45, 7) is 0. The summed E-state index contributed by atoms with van der Waals surface area (Å²) in [5.74, 6) is -2.47. The van der Waals surface area contributed by atoms with Crippen molar-refractivity contribution in [1.82, 2.24) is 10.6 Å². The summed E-state index contributed by atoms with van der Waals surface area (Å²) in [6, 6.07) is 5.43. The van der Waals surface area contributed by atoms with Crippen LogP contribution in [0.5, 0.6) is 0 Å². The van der Waals surface area contributed by atoms with Gasteiger partial charge in [-0.2, -0.15) is 0 Å². The highest BCUT2D eigenvalue weighted by atomic mass is 32.1. The molecule has 19 heavy (non-hydrogen) atoms. The van der Waals surface area contributed by atoms with Crippen molar-refractivity contribution in [3.05, 3.63) is 29.8 Å². The number of rotatable bonds is 2. The Hall–Kier alpha value is -2.61. The fourth-order valence-corrected chi connectivity index (χ4v) is 1.55. The Morgan fingerprint density at radius 1 is 1.11 bits per heavy atom. The van der Waals surface area contributed by atoms with Crippen molar-refractivity contribution >= 4 is 46.5 Å². The van der Waals surface area contributed by atoms with E-state index in [1.54, 1.807) is 0 Å². The van der Waals surface area contributed by atoms with Crippen LogP contribution in [0.4, 0.5) is 5.69 Å². The number of nitrogens with zero attached hydrogens (tertiary/aromatic N) is 1. The minimum absolute atomic E-state index is 0.0739. The van der Waals surface area contributed by atoms with Crippen LogP contribution in [0.25, 0.3) is 0 Å². The number of carboxylic acids is 1. The molecule has 0 radical (unpaired) electrons. The fraction of sp³-hybridized carbons (Fsp3) is 0. The minimum atomic E-state index is -1.07. The third kappa shape index (κ3) is 2.80. The van der Waals surface area contributed by atoms with Crippen LogP contribution >= 0.6 is 12.2 Å². The molecule has 0 aliphatic carbocycles. The summed E-state index contributed by atoms with van der Waals surface area (Å²) in [5.41, 5.74) is 0.0393. The van der Waals surface area contributed by atoms with Crippen molar-refractivity contribution in [3.63, 3.8) is 0 Å². The van der Waals surface area contributed by atoms with Crippen LogP contribution in [0, 0.1) is 0 Å². The first-order valence-electron chi connectivity index (χ1n) is 5.06. The van der Waals surface area contributed by atoms with Gasteiger partial charge in [-0.3, -0.25) is 20.2 Å². The van der Waals surface area contributed by atoms with Crippen LogP contribution in [0.1, 0.15) is 10.4 Å². The van der Waals surface area contributed by atoms with E-state index in [1.165, 1.54) is 24.3 Å². The molecule has 0 saturated carbocycles. The van der Waals surface area contributed by atoms with Crippen LogP contribution in [0.15, 0.2) is 29.3 Å². The molecule has 3 N–H and O–H groups in total. The number of carbonyl (C=O) groups is 3. The zero-order valence-corrected chi connectivity index (χ0v) is 10.2. The summed E-state index contributed by atoms with van der Waals surface area (Å²) >= 11 is 4.64. The van der Waals surface area contributed by atoms with Crippen molar-refractivity contribution in [1.29, 1.82) is 0 Å². The summed E-state index contributed by atoms with van der Waals surface area (Å²) < 4.78 is 0. The Kier molecular flexibility index (Phi) is 3.34. The van der Waals surface area contributed by atoms with Gasteiger partial charge in [0.1, 0.15) is 0 Å². The molecule has 0 bridgehead atoms. The number of carbonyl (C=O) groups excluding carboxylic acids is 2. The molecule has 2 rings (SSSR count). The van der Waals surface area contributed by atoms with Gasteiger partial charge in [-0.15, -0.1) is 0 Å². The van der Waals surface area contributed by atoms with E-state index in [2.05, 4.69) is 27.8 Å². The Labute approximate surface area is 112 Å². The lowest BCUT2D eigenvalue weighted by molar-refractivity contribution is -0.118. The highest BCUT2D eigenvalue weighted by molar-refractivity contribution is 7.80. The van der Waals surface area contributed by atoms with E-state index in [9.17, 15) is 14.4 Å². The zero-order chi connectivity index (χ0) is 14.0. The van der Waals surface area contributed by atoms with Crippen LogP contribution in [0.3, 0.4) is 0 Å². The van der Waals surface area contributed by atoms with Crippen molar-refractivity contribution in [2.24, 2.45) is 4.99 Å². The summed E-state index contributed by atoms with van der Waals surface area (Å²) in [5, 5.41) is 13.1. The molecule has 0 unspecified atom stereocenters. The molecule has 1 heterocycles. The van der Waals surface area contributed by atoms with E-state index in [-0.39, 0.29) is 22.1 Å². The van der Waals surface area contributed by atoms with E-state index < -0.39 is 17.8 Å². The van der Waals surface area contributed by atoms with Crippen LogP contribution in [0.2, 0.25) is 0 Å². The van der Waals surface area contributed by atoms with Gasteiger partial charge in [-0.05, 0) is 36.5 Å². The molecule has 1 aromatic rings. The van der Waals surface area contributed by atoms with Gasteiger partial charge in [0.25, 0.3) is 11.8 Å². The second-order valence-corrected chi connectivity index (χ2v) is 3.96. The molecule has 1 aliphatic rings. The molecule has 0 spiro atoms. The molecule has 1 fully saturated rings. The highest BCUT2D eigenvalue weighted by Gasteiger charge is 2.27. The first-order chi connectivity index (χ1) is 8.97. The maximum atomic E-state index is 11.5. The van der Waals surface area contributed by atoms with Gasteiger partial charge >= 0.3 is 5.97 Å². The summed E-state index contributed by atoms with van der Waals surface area (Å²) in [7, 11) is 0. The number of nitrogens with one attached hydrogen (secondary N) is 2. The number of thiocarbonyl (C=S) groups is 1. The van der Waals surface area contributed by atoms with Gasteiger partial charge in [0.2, 0.25) is 0 Å². The third-order valence-corrected chi connectivity index (χ3v) is 2.44. The average Bonchev–Trinajstić information content (AvgIpc) is 2.34. The van der Waals surface area contributed by atoms with E-state index >= 15 is 0 Å². The second-order valence-electron chi connectivity index (χ2n) is 3.55. The number of hydrogen-bond donors (Lipinski definition) is 3. The predicted octanol–water partition coefficient (Wildman–Crippen LogP) is -0.0118. The second kappa shape index (κ2) is 4.94. The Balaban J connectivity index is 2.30. The zero-order valence-electron chi connectivity index (χ0n) is 9.34. The molecule has 0 atom stereocenters. The smallest absolute Gasteiger partial charge is 0.335 e. The van der Waals surface area contributed by atoms with Crippen LogP contribution in [-0.2, 0) is 9.59 Å². The van der Waals surface area contributed by atoms with Gasteiger partial charge < -0.3 is 5.11 Å². The molecule has 2 amide bonds. The SMILES string of the molecule is O=C1NC(=S)NC(=O)C1=Nc1ccc(C(=O)O)cc1. The van der Waals surface area contributed by atoms with Crippen molar-refractivity contribution in [3.8, 4) is 0 Å². The number of aromatic carboxylic acids is 1. The largest absolute Gasteiger partial charge is 0.478 e. The Bertz CT molecular complexity index is 599. The highest BCUT2D eigenvalue weighted by Crippen LogP contribution is 2.14. The molecule has 7 nitrogen and oxygen atoms in total. The normalized spacial score (nSPS) is 14.7. The van der Waals surface area contributed by atoms with Gasteiger partial charge in [0, 0.05) is 0 Å². The lowest BCUT2D eigenvalue weighted by Gasteiger charge is -2.15. The number of benzene rings is 1. The van der Waals surface area contributed by atoms with Gasteiger partial charge in [0.05, 0.1) is 11.3 Å². The van der Waals surface area contributed by atoms with Crippen molar-refractivity contribution in [2.45, 2.75) is 0 Å². The number of hydrogen-bond acceptors (Lipinski definition) is 5. The molecule has 96 valence electrons. The van der Waals surface area contributed by atoms with E-state index in [0.29, 0.717) is 0 Å². The maximum Gasteiger partial charge on any atom is 0.335 e. The van der Waals surface area contributed by atoms with Gasteiger partial charge in [0.15, 0.2) is 10.8 Å². The topological polar surface area (TPSA) is 108 Å². The Morgan fingerprint density at radius 2 is 1.63 bits per heavy atom. The molecular formula is C11H7N3O4S. The van der Waals surface area contributed by atoms with Gasteiger partial charge in [-0.25, -0.2) is 9.79 Å². The maximum absolute atomic E-state index is 11.5. The molecule has 1 saturated heterocycles. The minimum Gasteiger partial charge on any atom is -0.478 e. The monoisotopic (exact) mass is 277 g/mol. The molecule has 0 aromatic heterocycles. The van der Waals surface area contributed by atoms with Crippen molar-refractivity contribution < 1.29 is 19.5 Å². The molecule has 1 aliphatic heterocycles. The molecular weight excluding hydrogens is 270 g/mol. The quantitative estimate of drug-likeness (QED) is 0.659. The van der Waals surface area contributed by atoms with E-state index in [1.807, 2.05) is 0 Å². The third-order valence-electron chi connectivity index (χ3n) is 2.24. The fourth-order valence-electron chi connectivity index (χ4n) is 1.37. The number of amides is 2. The van der Waals surface area contributed by atoms with Crippen LogP contribution < -0.4 is 10.6 Å². The molecule has 8 heteroatoms. The van der Waals surface area contributed by atoms with Crippen molar-refractivity contribution in [2.75, 3.05) is 0 Å². The lowest BCUT2D eigenvalue weighted by atomic mass is 10.2. The first kappa shape index (κ1) is 12.8. The number of carboxylic acid groups (broad SMARTS) is 1. The summed E-state index contributed by atoms with van der Waals surface area (Å²) in [4.78, 5) is 37.5. The standard InChI is InChI=1S/C11H7N3O4S/c15-8-7(9(16)14-11(19)13-8)12-6-3-1-5(2-4-6)10(17)18/h1-4H,(H,17,18)(H2,13,14,15,16,19). The van der Waals surface area contributed by atoms with Gasteiger partial charge in [-0.1, -0.05) is 0 Å². The van der Waals surface area contributed by atoms with Crippen LogP contribution in [-0.4, -0.2) is 33.7 Å². The first-order valence-corrected chi connectivity index (χ1v) is 5.47.